The lowest BCUT2D eigenvalue weighted by atomic mass is 10.2. The van der Waals surface area contributed by atoms with E-state index in [1.54, 1.807) is 24.3 Å². The van der Waals surface area contributed by atoms with E-state index in [1.807, 2.05) is 30.3 Å². The van der Waals surface area contributed by atoms with E-state index in [0.29, 0.717) is 11.4 Å². The Bertz CT molecular complexity index is 851. The number of hydrogen-bond acceptors (Lipinski definition) is 2. The molecule has 120 valence electrons. The molecule has 0 aliphatic carbocycles. The van der Waals surface area contributed by atoms with Crippen LogP contribution in [0.2, 0.25) is 5.02 Å². The van der Waals surface area contributed by atoms with Crippen LogP contribution in [0.3, 0.4) is 0 Å². The summed E-state index contributed by atoms with van der Waals surface area (Å²) in [6.07, 6.45) is 0. The lowest BCUT2D eigenvalue weighted by Gasteiger charge is -2.08. The zero-order chi connectivity index (χ0) is 16.9. The molecule has 0 aliphatic rings. The molecule has 0 saturated carbocycles. The van der Waals surface area contributed by atoms with Gasteiger partial charge in [0, 0.05) is 10.7 Å². The van der Waals surface area contributed by atoms with Gasteiger partial charge in [0.1, 0.15) is 17.3 Å². The summed E-state index contributed by atoms with van der Waals surface area (Å²) in [4.78, 5) is 12.1. The summed E-state index contributed by atoms with van der Waals surface area (Å²) >= 11 is 5.68. The average Bonchev–Trinajstić information content (AvgIpc) is 2.57. The lowest BCUT2D eigenvalue weighted by molar-refractivity contribution is 0.102. The van der Waals surface area contributed by atoms with Gasteiger partial charge in [-0.15, -0.1) is 0 Å². The molecule has 3 aromatic rings. The molecule has 24 heavy (non-hydrogen) atoms. The van der Waals surface area contributed by atoms with E-state index in [9.17, 15) is 9.18 Å². The molecule has 1 N–H and O–H groups in total. The molecule has 0 atom stereocenters. The van der Waals surface area contributed by atoms with Gasteiger partial charge < -0.3 is 10.1 Å². The Kier molecular flexibility index (Phi) is 4.77. The summed E-state index contributed by atoms with van der Waals surface area (Å²) in [6.45, 7) is 0. The number of hydrogen-bond donors (Lipinski definition) is 1. The highest BCUT2D eigenvalue weighted by molar-refractivity contribution is 6.30. The quantitative estimate of drug-likeness (QED) is 0.678. The number of ether oxygens (including phenoxy) is 1. The first kappa shape index (κ1) is 16.0. The van der Waals surface area contributed by atoms with Gasteiger partial charge in [0.05, 0.1) is 5.56 Å². The van der Waals surface area contributed by atoms with Gasteiger partial charge in [0.15, 0.2) is 0 Å². The van der Waals surface area contributed by atoms with Crippen molar-refractivity contribution in [3.8, 4) is 11.5 Å². The molecular formula is C19H13ClFNO2. The van der Waals surface area contributed by atoms with Crippen LogP contribution in [0.25, 0.3) is 0 Å². The molecule has 5 heteroatoms. The summed E-state index contributed by atoms with van der Waals surface area (Å²) in [5.41, 5.74) is 0.471. The molecular weight excluding hydrogens is 329 g/mol. The Morgan fingerprint density at radius 1 is 0.917 bits per heavy atom. The largest absolute Gasteiger partial charge is 0.457 e. The van der Waals surface area contributed by atoms with Gasteiger partial charge in [-0.2, -0.15) is 0 Å². The molecule has 0 bridgehead atoms. The van der Waals surface area contributed by atoms with Gasteiger partial charge >= 0.3 is 0 Å². The third-order valence-corrected chi connectivity index (χ3v) is 3.50. The van der Waals surface area contributed by atoms with E-state index in [1.165, 1.54) is 12.1 Å². The second-order valence-corrected chi connectivity index (χ2v) is 5.45. The number of halogens is 2. The monoisotopic (exact) mass is 341 g/mol. The maximum atomic E-state index is 13.7. The summed E-state index contributed by atoms with van der Waals surface area (Å²) in [5, 5.41) is 2.87. The van der Waals surface area contributed by atoms with Gasteiger partial charge in [0.2, 0.25) is 0 Å². The third kappa shape index (κ3) is 3.91. The van der Waals surface area contributed by atoms with E-state index in [0.717, 1.165) is 11.8 Å². The van der Waals surface area contributed by atoms with Crippen LogP contribution in [0.1, 0.15) is 10.4 Å². The van der Waals surface area contributed by atoms with Crippen LogP contribution in [0.4, 0.5) is 10.1 Å². The van der Waals surface area contributed by atoms with Crippen LogP contribution >= 0.6 is 11.6 Å². The van der Waals surface area contributed by atoms with E-state index in [4.69, 9.17) is 16.3 Å². The predicted octanol–water partition coefficient (Wildman–Crippen LogP) is 5.52. The molecule has 0 unspecified atom stereocenters. The highest BCUT2D eigenvalue weighted by Crippen LogP contribution is 2.23. The Morgan fingerprint density at radius 2 is 1.58 bits per heavy atom. The third-order valence-electron chi connectivity index (χ3n) is 3.27. The average molecular weight is 342 g/mol. The number of amides is 1. The maximum absolute atomic E-state index is 13.7. The van der Waals surface area contributed by atoms with E-state index < -0.39 is 11.7 Å². The fourth-order valence-electron chi connectivity index (χ4n) is 2.10. The molecule has 3 nitrogen and oxygen atoms in total. The summed E-state index contributed by atoms with van der Waals surface area (Å²) in [6, 6.07) is 20.1. The van der Waals surface area contributed by atoms with Gasteiger partial charge in [-0.3, -0.25) is 4.79 Å². The highest BCUT2D eigenvalue weighted by Gasteiger charge is 2.12. The summed E-state index contributed by atoms with van der Waals surface area (Å²) in [5.74, 6) is 0.152. The summed E-state index contributed by atoms with van der Waals surface area (Å²) < 4.78 is 19.4. The zero-order valence-corrected chi connectivity index (χ0v) is 13.3. The minimum absolute atomic E-state index is 0.0657. The number of anilines is 1. The Labute approximate surface area is 143 Å². The zero-order valence-electron chi connectivity index (χ0n) is 12.5. The lowest BCUT2D eigenvalue weighted by Crippen LogP contribution is -2.13. The summed E-state index contributed by atoms with van der Waals surface area (Å²) in [7, 11) is 0. The van der Waals surface area contributed by atoms with Crippen LogP contribution in [0, 0.1) is 5.82 Å². The van der Waals surface area contributed by atoms with Crippen molar-refractivity contribution in [3.63, 3.8) is 0 Å². The van der Waals surface area contributed by atoms with Crippen LogP contribution < -0.4 is 10.1 Å². The second-order valence-electron chi connectivity index (χ2n) is 5.02. The highest BCUT2D eigenvalue weighted by atomic mass is 35.5. The van der Waals surface area contributed by atoms with E-state index in [2.05, 4.69) is 5.32 Å². The molecule has 0 radical (unpaired) electrons. The first-order chi connectivity index (χ1) is 11.6. The molecule has 3 aromatic carbocycles. The number of carbonyl (C=O) groups is 1. The standard InChI is InChI=1S/C19H13ClFNO2/c20-13-6-11-17(18(21)12-13)19(23)22-14-7-9-16(10-8-14)24-15-4-2-1-3-5-15/h1-12H,(H,22,23). The minimum Gasteiger partial charge on any atom is -0.457 e. The Hall–Kier alpha value is -2.85. The number of benzene rings is 3. The van der Waals surface area contributed by atoms with Crippen LogP contribution in [0.5, 0.6) is 11.5 Å². The first-order valence-electron chi connectivity index (χ1n) is 7.21. The molecule has 0 aliphatic heterocycles. The number of para-hydroxylation sites is 1. The smallest absolute Gasteiger partial charge is 0.258 e. The van der Waals surface area contributed by atoms with Gasteiger partial charge in [0.25, 0.3) is 5.91 Å². The molecule has 0 aromatic heterocycles. The van der Waals surface area contributed by atoms with Crippen molar-refractivity contribution in [2.75, 3.05) is 5.32 Å². The van der Waals surface area contributed by atoms with Crippen molar-refractivity contribution in [1.29, 1.82) is 0 Å². The van der Waals surface area contributed by atoms with Crippen LogP contribution in [0.15, 0.2) is 72.8 Å². The fraction of sp³-hybridized carbons (Fsp3) is 0. The van der Waals surface area contributed by atoms with Crippen molar-refractivity contribution in [2.45, 2.75) is 0 Å². The van der Waals surface area contributed by atoms with E-state index in [-0.39, 0.29) is 10.6 Å². The van der Waals surface area contributed by atoms with Gasteiger partial charge in [-0.1, -0.05) is 29.8 Å². The molecule has 0 fully saturated rings. The normalized spacial score (nSPS) is 10.2. The van der Waals surface area contributed by atoms with Crippen LogP contribution in [-0.4, -0.2) is 5.91 Å². The SMILES string of the molecule is O=C(Nc1ccc(Oc2ccccc2)cc1)c1ccc(Cl)cc1F. The number of rotatable bonds is 4. The minimum atomic E-state index is -0.663. The number of carbonyl (C=O) groups excluding carboxylic acids is 1. The maximum Gasteiger partial charge on any atom is 0.258 e. The fourth-order valence-corrected chi connectivity index (χ4v) is 2.26. The van der Waals surface area contributed by atoms with Gasteiger partial charge in [-0.25, -0.2) is 4.39 Å². The van der Waals surface area contributed by atoms with Crippen molar-refractivity contribution >= 4 is 23.2 Å². The molecule has 1 amide bonds. The van der Waals surface area contributed by atoms with Gasteiger partial charge in [-0.05, 0) is 54.6 Å². The molecule has 0 spiro atoms. The number of nitrogens with one attached hydrogen (secondary N) is 1. The van der Waals surface area contributed by atoms with Crippen molar-refractivity contribution in [1.82, 2.24) is 0 Å². The predicted molar refractivity (Wildman–Crippen MR) is 92.3 cm³/mol. The van der Waals surface area contributed by atoms with Crippen molar-refractivity contribution in [3.05, 3.63) is 89.2 Å². The Balaban J connectivity index is 1.68. The molecule has 3 rings (SSSR count). The molecule has 0 saturated heterocycles. The first-order valence-corrected chi connectivity index (χ1v) is 7.59. The topological polar surface area (TPSA) is 38.3 Å². The van der Waals surface area contributed by atoms with Crippen molar-refractivity contribution in [2.24, 2.45) is 0 Å². The van der Waals surface area contributed by atoms with Crippen molar-refractivity contribution < 1.29 is 13.9 Å². The Morgan fingerprint density at radius 3 is 2.25 bits per heavy atom. The molecule has 0 heterocycles. The van der Waals surface area contributed by atoms with E-state index >= 15 is 0 Å². The second kappa shape index (κ2) is 7.15. The van der Waals surface area contributed by atoms with Crippen LogP contribution in [-0.2, 0) is 0 Å².